The SMILES string of the molecule is CCCN(CCc1ccccn1)S(=O)(=O)N1CCN(C)CC1. The fourth-order valence-electron chi connectivity index (χ4n) is 2.56. The number of pyridine rings is 1. The van der Waals surface area contributed by atoms with Gasteiger partial charge < -0.3 is 4.90 Å². The van der Waals surface area contributed by atoms with E-state index in [1.54, 1.807) is 14.8 Å². The molecule has 0 unspecified atom stereocenters. The average molecular weight is 326 g/mol. The van der Waals surface area contributed by atoms with Crippen LogP contribution in [0.2, 0.25) is 0 Å². The third-order valence-corrected chi connectivity index (χ3v) is 5.97. The highest BCUT2D eigenvalue weighted by atomic mass is 32.2. The Morgan fingerprint density at radius 1 is 1.18 bits per heavy atom. The van der Waals surface area contributed by atoms with Gasteiger partial charge in [0.1, 0.15) is 0 Å². The molecule has 1 aliphatic heterocycles. The molecule has 0 spiro atoms. The zero-order valence-corrected chi connectivity index (χ0v) is 14.3. The summed E-state index contributed by atoms with van der Waals surface area (Å²) in [6.45, 7) is 5.78. The predicted molar refractivity (Wildman–Crippen MR) is 87.8 cm³/mol. The molecular formula is C15H26N4O2S. The number of likely N-dealkylation sites (N-methyl/N-ethyl adjacent to an activating group) is 1. The van der Waals surface area contributed by atoms with Crippen LogP contribution in [0.15, 0.2) is 24.4 Å². The number of nitrogens with zero attached hydrogens (tertiary/aromatic N) is 4. The number of hydrogen-bond acceptors (Lipinski definition) is 4. The Morgan fingerprint density at radius 2 is 1.91 bits per heavy atom. The molecule has 7 heteroatoms. The molecular weight excluding hydrogens is 300 g/mol. The smallest absolute Gasteiger partial charge is 0.282 e. The first kappa shape index (κ1) is 17.3. The highest BCUT2D eigenvalue weighted by molar-refractivity contribution is 7.86. The van der Waals surface area contributed by atoms with Gasteiger partial charge in [0.15, 0.2) is 0 Å². The number of aromatic nitrogens is 1. The van der Waals surface area contributed by atoms with Crippen molar-refractivity contribution in [2.24, 2.45) is 0 Å². The maximum atomic E-state index is 12.8. The minimum absolute atomic E-state index is 0.486. The van der Waals surface area contributed by atoms with Gasteiger partial charge in [-0.25, -0.2) is 0 Å². The van der Waals surface area contributed by atoms with Crippen LogP contribution in [0.5, 0.6) is 0 Å². The zero-order chi connectivity index (χ0) is 16.0. The van der Waals surface area contributed by atoms with Crippen LogP contribution in [0.3, 0.4) is 0 Å². The van der Waals surface area contributed by atoms with Gasteiger partial charge in [-0.2, -0.15) is 17.0 Å². The van der Waals surface area contributed by atoms with E-state index in [1.807, 2.05) is 32.2 Å². The van der Waals surface area contributed by atoms with E-state index in [4.69, 9.17) is 0 Å². The molecule has 1 fully saturated rings. The number of rotatable bonds is 7. The van der Waals surface area contributed by atoms with E-state index in [-0.39, 0.29) is 0 Å². The lowest BCUT2D eigenvalue weighted by molar-refractivity contribution is 0.211. The molecule has 1 aliphatic rings. The lowest BCUT2D eigenvalue weighted by Crippen LogP contribution is -2.52. The Balaban J connectivity index is 2.02. The highest BCUT2D eigenvalue weighted by Gasteiger charge is 2.30. The van der Waals surface area contributed by atoms with Crippen molar-refractivity contribution < 1.29 is 8.42 Å². The van der Waals surface area contributed by atoms with Gasteiger partial charge in [-0.1, -0.05) is 13.0 Å². The van der Waals surface area contributed by atoms with Crippen molar-refractivity contribution in [3.63, 3.8) is 0 Å². The Morgan fingerprint density at radius 3 is 2.50 bits per heavy atom. The molecule has 2 heterocycles. The molecule has 0 radical (unpaired) electrons. The van der Waals surface area contributed by atoms with E-state index in [9.17, 15) is 8.42 Å². The fraction of sp³-hybridized carbons (Fsp3) is 0.667. The van der Waals surface area contributed by atoms with Crippen molar-refractivity contribution in [2.45, 2.75) is 19.8 Å². The molecule has 0 bridgehead atoms. The van der Waals surface area contributed by atoms with Gasteiger partial charge >= 0.3 is 0 Å². The van der Waals surface area contributed by atoms with Crippen molar-refractivity contribution in [3.05, 3.63) is 30.1 Å². The molecule has 6 nitrogen and oxygen atoms in total. The third-order valence-electron chi connectivity index (χ3n) is 3.93. The normalized spacial score (nSPS) is 18.0. The predicted octanol–water partition coefficient (Wildman–Crippen LogP) is 0.828. The first-order valence-electron chi connectivity index (χ1n) is 7.87. The largest absolute Gasteiger partial charge is 0.304 e. The van der Waals surface area contributed by atoms with Crippen LogP contribution in [-0.2, 0) is 16.6 Å². The second-order valence-electron chi connectivity index (χ2n) is 5.68. The molecule has 0 atom stereocenters. The maximum absolute atomic E-state index is 12.8. The first-order chi connectivity index (χ1) is 10.5. The number of hydrogen-bond donors (Lipinski definition) is 0. The van der Waals surface area contributed by atoms with Crippen LogP contribution in [-0.4, -0.2) is 73.2 Å². The summed E-state index contributed by atoms with van der Waals surface area (Å²) in [4.78, 5) is 6.43. The molecule has 0 aromatic carbocycles. The van der Waals surface area contributed by atoms with Crippen LogP contribution in [0.4, 0.5) is 0 Å². The van der Waals surface area contributed by atoms with Crippen molar-refractivity contribution in [1.82, 2.24) is 18.5 Å². The summed E-state index contributed by atoms with van der Waals surface area (Å²) < 4.78 is 28.8. The Hall–Kier alpha value is -1.02. The first-order valence-corrected chi connectivity index (χ1v) is 9.27. The van der Waals surface area contributed by atoms with Gasteiger partial charge in [-0.3, -0.25) is 4.98 Å². The van der Waals surface area contributed by atoms with Crippen molar-refractivity contribution in [3.8, 4) is 0 Å². The average Bonchev–Trinajstić information content (AvgIpc) is 2.52. The second kappa shape index (κ2) is 8.01. The van der Waals surface area contributed by atoms with Crippen LogP contribution in [0.25, 0.3) is 0 Å². The Bertz CT molecular complexity index is 542. The summed E-state index contributed by atoms with van der Waals surface area (Å²) in [5, 5.41) is 0. The molecule has 2 rings (SSSR count). The van der Waals surface area contributed by atoms with E-state index in [1.165, 1.54) is 0 Å². The molecule has 124 valence electrons. The van der Waals surface area contributed by atoms with Crippen molar-refractivity contribution in [1.29, 1.82) is 0 Å². The second-order valence-corrected chi connectivity index (χ2v) is 7.61. The standard InChI is InChI=1S/C15H26N4O2S/c1-3-9-18(10-7-15-6-4-5-8-16-15)22(20,21)19-13-11-17(2)12-14-19/h4-6,8H,3,7,9-14H2,1-2H3. The lowest BCUT2D eigenvalue weighted by atomic mass is 10.3. The summed E-state index contributed by atoms with van der Waals surface area (Å²) in [5.41, 5.74) is 0.928. The van der Waals surface area contributed by atoms with Crippen molar-refractivity contribution >= 4 is 10.2 Å². The van der Waals surface area contributed by atoms with Crippen LogP contribution in [0.1, 0.15) is 19.0 Å². The van der Waals surface area contributed by atoms with Gasteiger partial charge in [-0.05, 0) is 25.6 Å². The van der Waals surface area contributed by atoms with E-state index < -0.39 is 10.2 Å². The van der Waals surface area contributed by atoms with Crippen molar-refractivity contribution in [2.75, 3.05) is 46.3 Å². The van der Waals surface area contributed by atoms with Gasteiger partial charge in [0.25, 0.3) is 10.2 Å². The van der Waals surface area contributed by atoms with Crippen LogP contribution >= 0.6 is 0 Å². The molecule has 1 saturated heterocycles. The molecule has 0 amide bonds. The summed E-state index contributed by atoms with van der Waals surface area (Å²) in [7, 11) is -1.34. The summed E-state index contributed by atoms with van der Waals surface area (Å²) in [6, 6.07) is 5.74. The third kappa shape index (κ3) is 4.49. The maximum Gasteiger partial charge on any atom is 0.282 e. The van der Waals surface area contributed by atoms with Gasteiger partial charge in [-0.15, -0.1) is 0 Å². The molecule has 1 aromatic rings. The van der Waals surface area contributed by atoms with Crippen LogP contribution < -0.4 is 0 Å². The van der Waals surface area contributed by atoms with E-state index in [2.05, 4.69) is 9.88 Å². The van der Waals surface area contributed by atoms with E-state index >= 15 is 0 Å². The molecule has 0 aliphatic carbocycles. The zero-order valence-electron chi connectivity index (χ0n) is 13.5. The van der Waals surface area contributed by atoms with Gasteiger partial charge in [0.2, 0.25) is 0 Å². The minimum atomic E-state index is -3.37. The highest BCUT2D eigenvalue weighted by Crippen LogP contribution is 2.13. The topological polar surface area (TPSA) is 56.8 Å². The van der Waals surface area contributed by atoms with E-state index in [0.717, 1.165) is 25.2 Å². The van der Waals surface area contributed by atoms with Gasteiger partial charge in [0, 0.05) is 57.6 Å². The summed E-state index contributed by atoms with van der Waals surface area (Å²) >= 11 is 0. The summed E-state index contributed by atoms with van der Waals surface area (Å²) in [6.07, 6.45) is 3.21. The molecule has 0 N–H and O–H groups in total. The van der Waals surface area contributed by atoms with Crippen LogP contribution in [0, 0.1) is 0 Å². The Labute approximate surface area is 133 Å². The molecule has 0 saturated carbocycles. The minimum Gasteiger partial charge on any atom is -0.304 e. The lowest BCUT2D eigenvalue weighted by Gasteiger charge is -2.35. The molecule has 22 heavy (non-hydrogen) atoms. The number of piperazine rings is 1. The monoisotopic (exact) mass is 326 g/mol. The van der Waals surface area contributed by atoms with E-state index in [0.29, 0.717) is 32.6 Å². The summed E-state index contributed by atoms with van der Waals surface area (Å²) in [5.74, 6) is 0. The molecule has 1 aromatic heterocycles. The van der Waals surface area contributed by atoms with Gasteiger partial charge in [0.05, 0.1) is 0 Å². The fourth-order valence-corrected chi connectivity index (χ4v) is 4.25. The quantitative estimate of drug-likeness (QED) is 0.745. The Kier molecular flexibility index (Phi) is 6.31.